The molecule has 0 atom stereocenters. The van der Waals surface area contributed by atoms with Gasteiger partial charge in [-0.15, -0.1) is 0 Å². The smallest absolute Gasteiger partial charge is 0.134 e. The van der Waals surface area contributed by atoms with E-state index < -0.39 is 0 Å². The molecule has 1 aromatic carbocycles. The highest BCUT2D eigenvalue weighted by atomic mass is 19.1. The summed E-state index contributed by atoms with van der Waals surface area (Å²) in [5.41, 5.74) is 2.24. The lowest BCUT2D eigenvalue weighted by Gasteiger charge is -2.06. The molecule has 0 aliphatic rings. The highest BCUT2D eigenvalue weighted by molar-refractivity contribution is 5.78. The molecule has 0 aliphatic carbocycles. The maximum atomic E-state index is 13.2. The Labute approximate surface area is 77.6 Å². The van der Waals surface area contributed by atoms with E-state index in [4.69, 9.17) is 0 Å². The van der Waals surface area contributed by atoms with Gasteiger partial charge in [0.1, 0.15) is 11.6 Å². The summed E-state index contributed by atoms with van der Waals surface area (Å²) in [6.45, 7) is 5.04. The van der Waals surface area contributed by atoms with Gasteiger partial charge in [-0.3, -0.25) is 4.79 Å². The van der Waals surface area contributed by atoms with Crippen molar-refractivity contribution in [1.82, 2.24) is 0 Å². The zero-order chi connectivity index (χ0) is 10.0. The molecular formula is C11H13FO. The normalized spacial score (nSPS) is 10.2. The zero-order valence-corrected chi connectivity index (χ0v) is 8.15. The van der Waals surface area contributed by atoms with Gasteiger partial charge in [0, 0.05) is 6.42 Å². The van der Waals surface area contributed by atoms with E-state index in [1.165, 1.54) is 13.0 Å². The van der Waals surface area contributed by atoms with Crippen molar-refractivity contribution in [3.05, 3.63) is 34.6 Å². The number of aryl methyl sites for hydroxylation is 1. The van der Waals surface area contributed by atoms with Gasteiger partial charge < -0.3 is 0 Å². The standard InChI is InChI=1S/C11H13FO/c1-7-4-10(6-8(2)13)9(3)11(12)5-7/h4-5H,6H2,1-3H3. The molecule has 0 amide bonds. The monoisotopic (exact) mass is 180 g/mol. The molecule has 1 nitrogen and oxygen atoms in total. The first-order valence-electron chi connectivity index (χ1n) is 4.25. The van der Waals surface area contributed by atoms with E-state index in [-0.39, 0.29) is 11.6 Å². The van der Waals surface area contributed by atoms with Crippen molar-refractivity contribution in [2.45, 2.75) is 27.2 Å². The van der Waals surface area contributed by atoms with Crippen molar-refractivity contribution in [1.29, 1.82) is 0 Å². The number of carbonyl (C=O) groups excluding carboxylic acids is 1. The van der Waals surface area contributed by atoms with Crippen LogP contribution in [0.4, 0.5) is 4.39 Å². The first kappa shape index (κ1) is 9.90. The van der Waals surface area contributed by atoms with Gasteiger partial charge in [-0.2, -0.15) is 0 Å². The number of ketones is 1. The van der Waals surface area contributed by atoms with Crippen LogP contribution in [-0.2, 0) is 11.2 Å². The second-order valence-electron chi connectivity index (χ2n) is 3.41. The van der Waals surface area contributed by atoms with Crippen LogP contribution in [0.3, 0.4) is 0 Å². The third-order valence-corrected chi connectivity index (χ3v) is 2.04. The predicted octanol–water partition coefficient (Wildman–Crippen LogP) is 2.57. The van der Waals surface area contributed by atoms with Gasteiger partial charge in [-0.25, -0.2) is 4.39 Å². The Morgan fingerprint density at radius 2 is 2.00 bits per heavy atom. The fourth-order valence-corrected chi connectivity index (χ4v) is 1.34. The number of hydrogen-bond acceptors (Lipinski definition) is 1. The summed E-state index contributed by atoms with van der Waals surface area (Å²) in [6, 6.07) is 3.35. The molecule has 0 N–H and O–H groups in total. The van der Waals surface area contributed by atoms with E-state index in [2.05, 4.69) is 0 Å². The molecule has 1 aromatic rings. The largest absolute Gasteiger partial charge is 0.300 e. The van der Waals surface area contributed by atoms with Gasteiger partial charge in [0.05, 0.1) is 0 Å². The minimum absolute atomic E-state index is 0.0631. The van der Waals surface area contributed by atoms with Crippen molar-refractivity contribution in [2.24, 2.45) is 0 Å². The maximum absolute atomic E-state index is 13.2. The predicted molar refractivity (Wildman–Crippen MR) is 50.3 cm³/mol. The van der Waals surface area contributed by atoms with E-state index >= 15 is 0 Å². The Balaban J connectivity index is 3.12. The summed E-state index contributed by atoms with van der Waals surface area (Å²) in [6.07, 6.45) is 0.324. The topological polar surface area (TPSA) is 17.1 Å². The second kappa shape index (κ2) is 3.69. The third-order valence-electron chi connectivity index (χ3n) is 2.04. The molecule has 2 heteroatoms. The summed E-state index contributed by atoms with van der Waals surface area (Å²) in [5.74, 6) is -0.163. The molecular weight excluding hydrogens is 167 g/mol. The number of halogens is 1. The summed E-state index contributed by atoms with van der Waals surface area (Å²) in [5, 5.41) is 0. The summed E-state index contributed by atoms with van der Waals surface area (Å²) in [4.78, 5) is 10.9. The molecule has 0 bridgehead atoms. The van der Waals surface area contributed by atoms with Gasteiger partial charge in [0.15, 0.2) is 0 Å². The van der Waals surface area contributed by atoms with Gasteiger partial charge in [-0.05, 0) is 43.5 Å². The Hall–Kier alpha value is -1.18. The molecule has 0 unspecified atom stereocenters. The number of carbonyl (C=O) groups is 1. The highest BCUT2D eigenvalue weighted by Gasteiger charge is 2.06. The Morgan fingerprint density at radius 1 is 1.38 bits per heavy atom. The van der Waals surface area contributed by atoms with Crippen molar-refractivity contribution in [2.75, 3.05) is 0 Å². The average molecular weight is 180 g/mol. The summed E-state index contributed by atoms with van der Waals surface area (Å²) < 4.78 is 13.2. The molecule has 0 spiro atoms. The van der Waals surface area contributed by atoms with E-state index in [1.54, 1.807) is 6.92 Å². The Kier molecular flexibility index (Phi) is 2.81. The highest BCUT2D eigenvalue weighted by Crippen LogP contribution is 2.15. The first-order valence-corrected chi connectivity index (χ1v) is 4.25. The van der Waals surface area contributed by atoms with Crippen LogP contribution in [0, 0.1) is 19.7 Å². The van der Waals surface area contributed by atoms with Gasteiger partial charge >= 0.3 is 0 Å². The van der Waals surface area contributed by atoms with Gasteiger partial charge in [0.25, 0.3) is 0 Å². The minimum atomic E-state index is -0.226. The number of hydrogen-bond donors (Lipinski definition) is 0. The van der Waals surface area contributed by atoms with E-state index in [0.29, 0.717) is 12.0 Å². The van der Waals surface area contributed by atoms with E-state index in [0.717, 1.165) is 11.1 Å². The molecule has 0 radical (unpaired) electrons. The second-order valence-corrected chi connectivity index (χ2v) is 3.41. The quantitative estimate of drug-likeness (QED) is 0.683. The molecule has 13 heavy (non-hydrogen) atoms. The zero-order valence-electron chi connectivity index (χ0n) is 8.15. The molecule has 0 saturated carbocycles. The van der Waals surface area contributed by atoms with Crippen LogP contribution in [0.25, 0.3) is 0 Å². The SMILES string of the molecule is CC(=O)Cc1cc(C)cc(F)c1C. The lowest BCUT2D eigenvalue weighted by atomic mass is 10.0. The Bertz CT molecular complexity index is 342. The maximum Gasteiger partial charge on any atom is 0.134 e. The van der Waals surface area contributed by atoms with Crippen LogP contribution in [-0.4, -0.2) is 5.78 Å². The fourth-order valence-electron chi connectivity index (χ4n) is 1.34. The minimum Gasteiger partial charge on any atom is -0.300 e. The number of Topliss-reactive ketones (excluding diaryl/α,β-unsaturated/α-hetero) is 1. The molecule has 0 fully saturated rings. The third kappa shape index (κ3) is 2.38. The number of rotatable bonds is 2. The molecule has 0 saturated heterocycles. The van der Waals surface area contributed by atoms with Crippen LogP contribution in [0.15, 0.2) is 12.1 Å². The van der Waals surface area contributed by atoms with Crippen molar-refractivity contribution < 1.29 is 9.18 Å². The van der Waals surface area contributed by atoms with Crippen LogP contribution in [0.1, 0.15) is 23.6 Å². The molecule has 0 aromatic heterocycles. The average Bonchev–Trinajstić information content (AvgIpc) is 1.98. The first-order chi connectivity index (χ1) is 6.00. The molecule has 0 heterocycles. The van der Waals surface area contributed by atoms with Crippen LogP contribution < -0.4 is 0 Å². The van der Waals surface area contributed by atoms with E-state index in [9.17, 15) is 9.18 Å². The number of benzene rings is 1. The Morgan fingerprint density at radius 3 is 2.54 bits per heavy atom. The molecule has 1 rings (SSSR count). The van der Waals surface area contributed by atoms with Crippen LogP contribution >= 0.6 is 0 Å². The van der Waals surface area contributed by atoms with Crippen molar-refractivity contribution >= 4 is 5.78 Å². The van der Waals surface area contributed by atoms with Crippen LogP contribution in [0.2, 0.25) is 0 Å². The van der Waals surface area contributed by atoms with Gasteiger partial charge in [-0.1, -0.05) is 6.07 Å². The summed E-state index contributed by atoms with van der Waals surface area (Å²) >= 11 is 0. The molecule has 0 aliphatic heterocycles. The van der Waals surface area contributed by atoms with E-state index in [1.807, 2.05) is 13.0 Å². The summed E-state index contributed by atoms with van der Waals surface area (Å²) in [7, 11) is 0. The fraction of sp³-hybridized carbons (Fsp3) is 0.364. The van der Waals surface area contributed by atoms with Crippen LogP contribution in [0.5, 0.6) is 0 Å². The van der Waals surface area contributed by atoms with Crippen molar-refractivity contribution in [3.63, 3.8) is 0 Å². The molecule has 70 valence electrons. The lowest BCUT2D eigenvalue weighted by molar-refractivity contribution is -0.116. The van der Waals surface area contributed by atoms with Gasteiger partial charge in [0.2, 0.25) is 0 Å². The lowest BCUT2D eigenvalue weighted by Crippen LogP contribution is -2.01. The van der Waals surface area contributed by atoms with Crippen molar-refractivity contribution in [3.8, 4) is 0 Å².